The topological polar surface area (TPSA) is 86.3 Å². The van der Waals surface area contributed by atoms with Gasteiger partial charge >= 0.3 is 12.1 Å². The summed E-state index contributed by atoms with van der Waals surface area (Å²) in [5, 5.41) is 3.19. The fourth-order valence-electron chi connectivity index (χ4n) is 3.17. The number of carbonyl (C=O) groups excluding carboxylic acids is 2. The van der Waals surface area contributed by atoms with Gasteiger partial charge in [0.2, 0.25) is 0 Å². The van der Waals surface area contributed by atoms with Crippen LogP contribution < -0.4 is 19.5 Å². The van der Waals surface area contributed by atoms with Gasteiger partial charge in [0.15, 0.2) is 17.6 Å². The molecular weight excluding hydrogens is 364 g/mol. The van der Waals surface area contributed by atoms with E-state index < -0.39 is 23.8 Å². The minimum Gasteiger partial charge on any atom is -0.497 e. The number of hydrogen-bond acceptors (Lipinski definition) is 7. The summed E-state index contributed by atoms with van der Waals surface area (Å²) in [5.74, 6) is 0.798. The minimum absolute atomic E-state index is 0.256. The van der Waals surface area contributed by atoms with Crippen molar-refractivity contribution < 1.29 is 28.5 Å². The highest BCUT2D eigenvalue weighted by Gasteiger charge is 2.33. The minimum atomic E-state index is -0.739. The predicted octanol–water partition coefficient (Wildman–Crippen LogP) is 2.13. The normalized spacial score (nSPS) is 19.3. The first-order valence-electron chi connectivity index (χ1n) is 9.55. The standard InChI is InChI=1S/C20H28N2O6/c1-20(2,3)28-18(23)15-6-5-13-11-14(25-4)12-16(17(13)26-15)27-19(24)22-9-7-21-8-10-22/h11-12,15,21H,5-10H2,1-4H3. The molecule has 0 saturated carbocycles. The van der Waals surface area contributed by atoms with Crippen LogP contribution >= 0.6 is 0 Å². The summed E-state index contributed by atoms with van der Waals surface area (Å²) >= 11 is 0. The van der Waals surface area contributed by atoms with Crippen molar-refractivity contribution in [2.75, 3.05) is 33.3 Å². The van der Waals surface area contributed by atoms with Crippen LogP contribution in [0.3, 0.4) is 0 Å². The number of nitrogens with one attached hydrogen (secondary N) is 1. The monoisotopic (exact) mass is 392 g/mol. The number of aryl methyl sites for hydroxylation is 1. The molecule has 1 atom stereocenters. The molecular formula is C20H28N2O6. The van der Waals surface area contributed by atoms with Crippen LogP contribution in [0.4, 0.5) is 4.79 Å². The van der Waals surface area contributed by atoms with Gasteiger partial charge in [0, 0.05) is 37.8 Å². The van der Waals surface area contributed by atoms with Crippen LogP contribution in [0.25, 0.3) is 0 Å². The largest absolute Gasteiger partial charge is 0.497 e. The summed E-state index contributed by atoms with van der Waals surface area (Å²) in [5.41, 5.74) is 0.236. The Kier molecular flexibility index (Phi) is 5.98. The molecule has 0 aromatic heterocycles. The molecule has 1 fully saturated rings. The summed E-state index contributed by atoms with van der Waals surface area (Å²) < 4.78 is 22.3. The zero-order valence-corrected chi connectivity index (χ0v) is 16.9. The third-order valence-electron chi connectivity index (χ3n) is 4.52. The third-order valence-corrected chi connectivity index (χ3v) is 4.52. The predicted molar refractivity (Wildman–Crippen MR) is 102 cm³/mol. The van der Waals surface area contributed by atoms with E-state index in [4.69, 9.17) is 18.9 Å². The number of methoxy groups -OCH3 is 1. The van der Waals surface area contributed by atoms with Gasteiger partial charge in [0.25, 0.3) is 0 Å². The lowest BCUT2D eigenvalue weighted by atomic mass is 10.0. The maximum atomic E-state index is 12.5. The summed E-state index contributed by atoms with van der Waals surface area (Å²) in [4.78, 5) is 26.6. The van der Waals surface area contributed by atoms with E-state index in [-0.39, 0.29) is 5.75 Å². The molecule has 1 unspecified atom stereocenters. The lowest BCUT2D eigenvalue weighted by Gasteiger charge is -2.30. The van der Waals surface area contributed by atoms with Crippen molar-refractivity contribution in [1.29, 1.82) is 0 Å². The number of ether oxygens (including phenoxy) is 4. The Bertz CT molecular complexity index is 737. The molecule has 1 aromatic rings. The molecule has 1 N–H and O–H groups in total. The maximum Gasteiger partial charge on any atom is 0.415 e. The number of amides is 1. The number of piperazine rings is 1. The van der Waals surface area contributed by atoms with Gasteiger partial charge in [-0.25, -0.2) is 9.59 Å². The van der Waals surface area contributed by atoms with Crippen molar-refractivity contribution in [2.24, 2.45) is 0 Å². The molecule has 8 nitrogen and oxygen atoms in total. The van der Waals surface area contributed by atoms with E-state index in [1.165, 1.54) is 0 Å². The second-order valence-electron chi connectivity index (χ2n) is 7.90. The summed E-state index contributed by atoms with van der Waals surface area (Å²) in [7, 11) is 1.55. The van der Waals surface area contributed by atoms with Crippen LogP contribution in [0.5, 0.6) is 17.2 Å². The van der Waals surface area contributed by atoms with E-state index in [1.807, 2.05) is 26.8 Å². The fraction of sp³-hybridized carbons (Fsp3) is 0.600. The van der Waals surface area contributed by atoms with Crippen LogP contribution in [-0.4, -0.2) is 62.0 Å². The molecule has 0 bridgehead atoms. The first-order chi connectivity index (χ1) is 13.3. The average Bonchev–Trinajstić information content (AvgIpc) is 2.66. The molecule has 154 valence electrons. The molecule has 1 saturated heterocycles. The van der Waals surface area contributed by atoms with Crippen LogP contribution in [0, 0.1) is 0 Å². The molecule has 1 aromatic carbocycles. The third kappa shape index (κ3) is 4.86. The zero-order valence-electron chi connectivity index (χ0n) is 16.9. The Morgan fingerprint density at radius 3 is 2.57 bits per heavy atom. The number of benzene rings is 1. The average molecular weight is 392 g/mol. The zero-order chi connectivity index (χ0) is 20.3. The van der Waals surface area contributed by atoms with Gasteiger partial charge in [0.05, 0.1) is 7.11 Å². The van der Waals surface area contributed by atoms with E-state index in [0.29, 0.717) is 37.4 Å². The van der Waals surface area contributed by atoms with Gasteiger partial charge in [-0.3, -0.25) is 0 Å². The molecule has 8 heteroatoms. The van der Waals surface area contributed by atoms with Crippen LogP contribution in [0.1, 0.15) is 32.8 Å². The maximum absolute atomic E-state index is 12.5. The molecule has 2 heterocycles. The van der Waals surface area contributed by atoms with Gasteiger partial charge in [-0.15, -0.1) is 0 Å². The van der Waals surface area contributed by atoms with Gasteiger partial charge < -0.3 is 29.2 Å². The second-order valence-corrected chi connectivity index (χ2v) is 7.90. The molecule has 0 aliphatic carbocycles. The molecule has 2 aliphatic rings. The number of esters is 1. The second kappa shape index (κ2) is 8.26. The number of carbonyl (C=O) groups is 2. The van der Waals surface area contributed by atoms with Gasteiger partial charge in [-0.05, 0) is 39.7 Å². The first kappa shape index (κ1) is 20.3. The highest BCUT2D eigenvalue weighted by atomic mass is 16.6. The van der Waals surface area contributed by atoms with Crippen molar-refractivity contribution in [3.05, 3.63) is 17.7 Å². The van der Waals surface area contributed by atoms with E-state index >= 15 is 0 Å². The molecule has 1 amide bonds. The summed E-state index contributed by atoms with van der Waals surface area (Å²) in [6.07, 6.45) is -0.105. The smallest absolute Gasteiger partial charge is 0.415 e. The number of fused-ring (bicyclic) bond motifs is 1. The Balaban J connectivity index is 1.81. The van der Waals surface area contributed by atoms with E-state index in [0.717, 1.165) is 18.7 Å². The lowest BCUT2D eigenvalue weighted by Crippen LogP contribution is -2.47. The van der Waals surface area contributed by atoms with Gasteiger partial charge in [0.1, 0.15) is 11.4 Å². The number of hydrogen-bond donors (Lipinski definition) is 1. The van der Waals surface area contributed by atoms with Crippen molar-refractivity contribution in [3.63, 3.8) is 0 Å². The van der Waals surface area contributed by atoms with Crippen molar-refractivity contribution in [2.45, 2.75) is 45.3 Å². The van der Waals surface area contributed by atoms with Crippen molar-refractivity contribution in [3.8, 4) is 17.2 Å². The molecule has 0 spiro atoms. The van der Waals surface area contributed by atoms with Crippen molar-refractivity contribution in [1.82, 2.24) is 10.2 Å². The molecule has 28 heavy (non-hydrogen) atoms. The quantitative estimate of drug-likeness (QED) is 0.789. The molecule has 3 rings (SSSR count). The van der Waals surface area contributed by atoms with Crippen LogP contribution in [-0.2, 0) is 16.0 Å². The SMILES string of the molecule is COc1cc2c(c(OC(=O)N3CCNCC3)c1)OC(C(=O)OC(C)(C)C)CC2. The molecule has 0 radical (unpaired) electrons. The first-order valence-corrected chi connectivity index (χ1v) is 9.55. The Labute approximate surface area is 165 Å². The highest BCUT2D eigenvalue weighted by molar-refractivity contribution is 5.77. The number of nitrogens with zero attached hydrogens (tertiary/aromatic N) is 1. The van der Waals surface area contributed by atoms with Crippen molar-refractivity contribution >= 4 is 12.1 Å². The highest BCUT2D eigenvalue weighted by Crippen LogP contribution is 2.41. The fourth-order valence-corrected chi connectivity index (χ4v) is 3.17. The van der Waals surface area contributed by atoms with Crippen LogP contribution in [0.15, 0.2) is 12.1 Å². The number of rotatable bonds is 3. The van der Waals surface area contributed by atoms with Gasteiger partial charge in [-0.1, -0.05) is 0 Å². The van der Waals surface area contributed by atoms with Crippen LogP contribution in [0.2, 0.25) is 0 Å². The Hall–Kier alpha value is -2.48. The van der Waals surface area contributed by atoms with E-state index in [9.17, 15) is 9.59 Å². The Morgan fingerprint density at radius 2 is 1.93 bits per heavy atom. The Morgan fingerprint density at radius 1 is 1.21 bits per heavy atom. The summed E-state index contributed by atoms with van der Waals surface area (Å²) in [6.45, 7) is 8.04. The summed E-state index contributed by atoms with van der Waals surface area (Å²) in [6, 6.07) is 3.44. The van der Waals surface area contributed by atoms with Gasteiger partial charge in [-0.2, -0.15) is 0 Å². The lowest BCUT2D eigenvalue weighted by molar-refractivity contribution is -0.164. The van der Waals surface area contributed by atoms with E-state index in [2.05, 4.69) is 5.32 Å². The molecule has 2 aliphatic heterocycles. The van der Waals surface area contributed by atoms with E-state index in [1.54, 1.807) is 18.1 Å².